The number of halogens is 1. The Hall–Kier alpha value is -0.610. The molecule has 0 aromatic rings. The number of nitrogens with one attached hydrogen (secondary N) is 1. The number of piperazine rings is 1. The number of aliphatic imine (C=N–C) groups is 1. The Morgan fingerprint density at radius 3 is 2.25 bits per heavy atom. The van der Waals surface area contributed by atoms with Crippen LogP contribution in [0.5, 0.6) is 0 Å². The summed E-state index contributed by atoms with van der Waals surface area (Å²) in [5.74, 6) is 1.35. The zero-order chi connectivity index (χ0) is 22.1. The molecule has 0 radical (unpaired) electrons. The number of amides is 1. The van der Waals surface area contributed by atoms with E-state index in [4.69, 9.17) is 9.73 Å². The summed E-state index contributed by atoms with van der Waals surface area (Å²) < 4.78 is 5.67. The van der Waals surface area contributed by atoms with Crippen molar-refractivity contribution in [2.75, 3.05) is 65.6 Å². The standard InChI is InChI=1S/C24H45N5O2.HI/c1-4-25-23(26-20-24(10-6-7-11-24)12-19-31-5-2)29-17-15-27(16-18-29)21(3)22(30)28-13-8-9-14-28;/h21H,4-20H2,1-3H3,(H,25,26);1H. The maximum atomic E-state index is 12.8. The molecule has 1 atom stereocenters. The minimum absolute atomic E-state index is 0. The summed E-state index contributed by atoms with van der Waals surface area (Å²) in [7, 11) is 0. The van der Waals surface area contributed by atoms with Crippen molar-refractivity contribution in [2.24, 2.45) is 10.4 Å². The van der Waals surface area contributed by atoms with Gasteiger partial charge in [-0.2, -0.15) is 0 Å². The van der Waals surface area contributed by atoms with Gasteiger partial charge in [-0.05, 0) is 58.3 Å². The summed E-state index contributed by atoms with van der Waals surface area (Å²) in [5.41, 5.74) is 0.314. The Balaban J connectivity index is 0.00000363. The average molecular weight is 564 g/mol. The fraction of sp³-hybridized carbons (Fsp3) is 0.917. The highest BCUT2D eigenvalue weighted by Crippen LogP contribution is 2.41. The lowest BCUT2D eigenvalue weighted by molar-refractivity contribution is -0.135. The fourth-order valence-electron chi connectivity index (χ4n) is 5.39. The molecule has 2 saturated heterocycles. The zero-order valence-electron chi connectivity index (χ0n) is 20.6. The number of ether oxygens (including phenoxy) is 1. The molecule has 186 valence electrons. The van der Waals surface area contributed by atoms with Gasteiger partial charge >= 0.3 is 0 Å². The van der Waals surface area contributed by atoms with Crippen molar-refractivity contribution in [3.63, 3.8) is 0 Å². The minimum Gasteiger partial charge on any atom is -0.382 e. The number of rotatable bonds is 9. The Morgan fingerprint density at radius 2 is 1.66 bits per heavy atom. The van der Waals surface area contributed by atoms with Crippen LogP contribution in [-0.4, -0.2) is 98.2 Å². The number of likely N-dealkylation sites (tertiary alicyclic amines) is 1. The predicted molar refractivity (Wildman–Crippen MR) is 142 cm³/mol. The summed E-state index contributed by atoms with van der Waals surface area (Å²) in [6.07, 6.45) is 8.61. The van der Waals surface area contributed by atoms with Crippen LogP contribution in [0, 0.1) is 5.41 Å². The fourth-order valence-corrected chi connectivity index (χ4v) is 5.39. The van der Waals surface area contributed by atoms with Gasteiger partial charge in [-0.1, -0.05) is 12.8 Å². The van der Waals surface area contributed by atoms with Crippen LogP contribution in [-0.2, 0) is 9.53 Å². The van der Waals surface area contributed by atoms with Crippen molar-refractivity contribution < 1.29 is 9.53 Å². The Kier molecular flexibility index (Phi) is 12.0. The highest BCUT2D eigenvalue weighted by molar-refractivity contribution is 14.0. The molecule has 3 aliphatic rings. The third-order valence-electron chi connectivity index (χ3n) is 7.48. The second kappa shape index (κ2) is 13.9. The molecule has 3 rings (SSSR count). The predicted octanol–water partition coefficient (Wildman–Crippen LogP) is 3.19. The molecule has 0 bridgehead atoms. The first-order chi connectivity index (χ1) is 15.1. The molecule has 0 spiro atoms. The van der Waals surface area contributed by atoms with E-state index < -0.39 is 0 Å². The number of hydrogen-bond acceptors (Lipinski definition) is 4. The van der Waals surface area contributed by atoms with Gasteiger partial charge in [0.1, 0.15) is 0 Å². The highest BCUT2D eigenvalue weighted by atomic mass is 127. The maximum Gasteiger partial charge on any atom is 0.239 e. The normalized spacial score (nSPS) is 22.7. The van der Waals surface area contributed by atoms with Gasteiger partial charge in [0.05, 0.1) is 6.04 Å². The van der Waals surface area contributed by atoms with Crippen LogP contribution < -0.4 is 5.32 Å². The lowest BCUT2D eigenvalue weighted by atomic mass is 9.83. The van der Waals surface area contributed by atoms with E-state index in [1.54, 1.807) is 0 Å². The Bertz CT molecular complexity index is 583. The van der Waals surface area contributed by atoms with E-state index in [1.165, 1.54) is 25.7 Å². The summed E-state index contributed by atoms with van der Waals surface area (Å²) >= 11 is 0. The molecule has 0 aromatic heterocycles. The molecular weight excluding hydrogens is 517 g/mol. The molecule has 1 unspecified atom stereocenters. The van der Waals surface area contributed by atoms with Gasteiger partial charge in [-0.25, -0.2) is 0 Å². The van der Waals surface area contributed by atoms with Crippen molar-refractivity contribution in [3.05, 3.63) is 0 Å². The number of nitrogens with zero attached hydrogens (tertiary/aromatic N) is 4. The van der Waals surface area contributed by atoms with Gasteiger partial charge in [0.25, 0.3) is 0 Å². The summed E-state index contributed by atoms with van der Waals surface area (Å²) in [6, 6.07) is -0.0138. The molecule has 2 aliphatic heterocycles. The number of hydrogen-bond donors (Lipinski definition) is 1. The molecule has 2 heterocycles. The molecule has 1 N–H and O–H groups in total. The molecule has 1 aliphatic carbocycles. The Morgan fingerprint density at radius 1 is 1.00 bits per heavy atom. The number of guanidine groups is 1. The maximum absolute atomic E-state index is 12.8. The van der Waals surface area contributed by atoms with Crippen LogP contribution in [0.25, 0.3) is 0 Å². The summed E-state index contributed by atoms with van der Waals surface area (Å²) in [6.45, 7) is 15.3. The van der Waals surface area contributed by atoms with E-state index >= 15 is 0 Å². The van der Waals surface area contributed by atoms with Crippen LogP contribution in [0.4, 0.5) is 0 Å². The Labute approximate surface area is 212 Å². The molecule has 32 heavy (non-hydrogen) atoms. The monoisotopic (exact) mass is 563 g/mol. The lowest BCUT2D eigenvalue weighted by Gasteiger charge is -2.40. The highest BCUT2D eigenvalue weighted by Gasteiger charge is 2.34. The molecule has 3 fully saturated rings. The van der Waals surface area contributed by atoms with Crippen LogP contribution in [0.2, 0.25) is 0 Å². The van der Waals surface area contributed by atoms with E-state index in [0.717, 1.165) is 90.8 Å². The third kappa shape index (κ3) is 7.45. The molecule has 1 amide bonds. The lowest BCUT2D eigenvalue weighted by Crippen LogP contribution is -2.57. The van der Waals surface area contributed by atoms with Crippen molar-refractivity contribution >= 4 is 35.8 Å². The minimum atomic E-state index is -0.0138. The molecule has 1 saturated carbocycles. The van der Waals surface area contributed by atoms with Gasteiger partial charge in [0, 0.05) is 65.6 Å². The molecular formula is C24H46IN5O2. The largest absolute Gasteiger partial charge is 0.382 e. The molecule has 0 aromatic carbocycles. The quantitative estimate of drug-likeness (QED) is 0.202. The molecule has 7 nitrogen and oxygen atoms in total. The summed E-state index contributed by atoms with van der Waals surface area (Å²) in [4.78, 5) is 24.7. The van der Waals surface area contributed by atoms with Crippen molar-refractivity contribution in [3.8, 4) is 0 Å². The van der Waals surface area contributed by atoms with Crippen LogP contribution >= 0.6 is 24.0 Å². The third-order valence-corrected chi connectivity index (χ3v) is 7.48. The van der Waals surface area contributed by atoms with Crippen molar-refractivity contribution in [2.45, 2.75) is 71.8 Å². The van der Waals surface area contributed by atoms with Gasteiger partial charge in [-0.3, -0.25) is 14.7 Å². The zero-order valence-corrected chi connectivity index (χ0v) is 22.9. The van der Waals surface area contributed by atoms with Crippen LogP contribution in [0.15, 0.2) is 4.99 Å². The first-order valence-corrected chi connectivity index (χ1v) is 12.7. The number of carbonyl (C=O) groups is 1. The van der Waals surface area contributed by atoms with E-state index in [-0.39, 0.29) is 30.0 Å². The second-order valence-corrected chi connectivity index (χ2v) is 9.56. The smallest absolute Gasteiger partial charge is 0.239 e. The van der Waals surface area contributed by atoms with E-state index in [0.29, 0.717) is 11.3 Å². The number of carbonyl (C=O) groups excluding carboxylic acids is 1. The summed E-state index contributed by atoms with van der Waals surface area (Å²) in [5, 5.41) is 3.52. The van der Waals surface area contributed by atoms with Gasteiger partial charge in [0.15, 0.2) is 5.96 Å². The van der Waals surface area contributed by atoms with Crippen LogP contribution in [0.1, 0.15) is 65.7 Å². The van der Waals surface area contributed by atoms with Crippen molar-refractivity contribution in [1.29, 1.82) is 0 Å². The van der Waals surface area contributed by atoms with Gasteiger partial charge < -0.3 is 19.9 Å². The van der Waals surface area contributed by atoms with Gasteiger partial charge in [-0.15, -0.1) is 24.0 Å². The van der Waals surface area contributed by atoms with Crippen molar-refractivity contribution in [1.82, 2.24) is 20.0 Å². The first kappa shape index (κ1) is 27.6. The molecule has 8 heteroatoms. The first-order valence-electron chi connectivity index (χ1n) is 12.7. The van der Waals surface area contributed by atoms with E-state index in [2.05, 4.69) is 35.9 Å². The van der Waals surface area contributed by atoms with Gasteiger partial charge in [0.2, 0.25) is 5.91 Å². The topological polar surface area (TPSA) is 60.4 Å². The van der Waals surface area contributed by atoms with E-state index in [1.807, 2.05) is 4.90 Å². The average Bonchev–Trinajstić information content (AvgIpc) is 3.49. The SMILES string of the molecule is CCNC(=NCC1(CCOCC)CCCC1)N1CCN(C(C)C(=O)N2CCCC2)CC1.I. The van der Waals surface area contributed by atoms with Crippen LogP contribution in [0.3, 0.4) is 0 Å². The second-order valence-electron chi connectivity index (χ2n) is 9.56. The van der Waals surface area contributed by atoms with E-state index in [9.17, 15) is 4.79 Å².